The van der Waals surface area contributed by atoms with Crippen molar-refractivity contribution in [3.63, 3.8) is 0 Å². The Morgan fingerprint density at radius 3 is 2.37 bits per heavy atom. The first-order chi connectivity index (χ1) is 12.7. The molecule has 1 fully saturated rings. The summed E-state index contributed by atoms with van der Waals surface area (Å²) in [6.07, 6.45) is -4.66. The molecule has 0 bridgehead atoms. The second-order valence-electron chi connectivity index (χ2n) is 6.63. The number of benzene rings is 1. The van der Waals surface area contributed by atoms with E-state index in [4.69, 9.17) is 11.6 Å². The normalized spacial score (nSPS) is 16.0. The molecular weight excluding hydrogens is 381 g/mol. The molecule has 0 atom stereocenters. The summed E-state index contributed by atoms with van der Waals surface area (Å²) in [7, 11) is 1.13. The average molecular weight is 401 g/mol. The van der Waals surface area contributed by atoms with E-state index in [0.717, 1.165) is 13.6 Å². The van der Waals surface area contributed by atoms with E-state index in [-0.39, 0.29) is 5.69 Å². The zero-order valence-corrected chi connectivity index (χ0v) is 15.8. The number of hydrogen-bond donors (Lipinski definition) is 0. The Hall–Kier alpha value is -2.06. The largest absolute Gasteiger partial charge is 0.434 e. The molecule has 3 rings (SSSR count). The van der Waals surface area contributed by atoms with Crippen LogP contribution >= 0.6 is 11.6 Å². The number of nitrogens with zero attached hydrogens (tertiary/aromatic N) is 4. The maximum Gasteiger partial charge on any atom is 0.434 e. The first-order valence-corrected chi connectivity index (χ1v) is 8.92. The van der Waals surface area contributed by atoms with E-state index in [2.05, 4.69) is 29.1 Å². The molecular formula is C18H20ClF3N4O. The molecule has 2 aromatic rings. The van der Waals surface area contributed by atoms with Crippen LogP contribution in [0.1, 0.15) is 27.3 Å². The van der Waals surface area contributed by atoms with Gasteiger partial charge in [0.15, 0.2) is 11.4 Å². The van der Waals surface area contributed by atoms with Gasteiger partial charge in [-0.05, 0) is 18.1 Å². The Balaban J connectivity index is 1.66. The lowest BCUT2D eigenvalue weighted by Crippen LogP contribution is -2.48. The highest BCUT2D eigenvalue weighted by Gasteiger charge is 2.40. The number of piperazine rings is 1. The van der Waals surface area contributed by atoms with Gasteiger partial charge < -0.3 is 4.90 Å². The van der Waals surface area contributed by atoms with Gasteiger partial charge in [0.25, 0.3) is 5.91 Å². The first kappa shape index (κ1) is 19.7. The molecule has 0 radical (unpaired) electrons. The molecule has 1 amide bonds. The quantitative estimate of drug-likeness (QED) is 0.793. The summed E-state index contributed by atoms with van der Waals surface area (Å²) < 4.78 is 39.7. The summed E-state index contributed by atoms with van der Waals surface area (Å²) in [5.41, 5.74) is 0.973. The summed E-state index contributed by atoms with van der Waals surface area (Å²) in [6.45, 7) is 4.93. The third-order valence-electron chi connectivity index (χ3n) is 4.78. The van der Waals surface area contributed by atoms with E-state index in [1.54, 1.807) is 0 Å². The average Bonchev–Trinajstić information content (AvgIpc) is 2.91. The highest BCUT2D eigenvalue weighted by atomic mass is 35.5. The summed E-state index contributed by atoms with van der Waals surface area (Å²) >= 11 is 5.82. The van der Waals surface area contributed by atoms with Crippen molar-refractivity contribution in [3.8, 4) is 0 Å². The monoisotopic (exact) mass is 400 g/mol. The lowest BCUT2D eigenvalue weighted by molar-refractivity contribution is -0.143. The molecule has 1 aliphatic rings. The van der Waals surface area contributed by atoms with Gasteiger partial charge in [-0.2, -0.15) is 18.3 Å². The highest BCUT2D eigenvalue weighted by molar-refractivity contribution is 6.34. The Morgan fingerprint density at radius 1 is 1.19 bits per heavy atom. The fourth-order valence-electron chi connectivity index (χ4n) is 3.23. The van der Waals surface area contributed by atoms with Gasteiger partial charge in [-0.1, -0.05) is 35.9 Å². The number of amides is 1. The molecule has 2 heterocycles. The van der Waals surface area contributed by atoms with Gasteiger partial charge in [-0.15, -0.1) is 0 Å². The third-order valence-corrected chi connectivity index (χ3v) is 5.13. The smallest absolute Gasteiger partial charge is 0.335 e. The minimum atomic E-state index is -4.66. The van der Waals surface area contributed by atoms with E-state index in [9.17, 15) is 18.0 Å². The lowest BCUT2D eigenvalue weighted by atomic mass is 10.1. The van der Waals surface area contributed by atoms with Gasteiger partial charge >= 0.3 is 6.18 Å². The van der Waals surface area contributed by atoms with Crippen molar-refractivity contribution in [2.45, 2.75) is 19.6 Å². The van der Waals surface area contributed by atoms with Crippen molar-refractivity contribution < 1.29 is 18.0 Å². The maximum atomic E-state index is 13.0. The molecule has 1 aromatic carbocycles. The zero-order valence-electron chi connectivity index (χ0n) is 15.1. The summed E-state index contributed by atoms with van der Waals surface area (Å²) in [4.78, 5) is 16.3. The fraction of sp³-hybridized carbons (Fsp3) is 0.444. The van der Waals surface area contributed by atoms with Crippen molar-refractivity contribution in [1.29, 1.82) is 0 Å². The SMILES string of the molecule is Cc1ccccc1CN1CCN(C(=O)c2nn(C)c(C(F)(F)F)c2Cl)CC1. The Labute approximate surface area is 160 Å². The Bertz CT molecular complexity index is 842. The topological polar surface area (TPSA) is 41.4 Å². The van der Waals surface area contributed by atoms with Crippen LogP contribution in [0.15, 0.2) is 24.3 Å². The lowest BCUT2D eigenvalue weighted by Gasteiger charge is -2.34. The number of halogens is 4. The van der Waals surface area contributed by atoms with Gasteiger partial charge in [0.05, 0.1) is 0 Å². The molecule has 146 valence electrons. The number of aromatic nitrogens is 2. The molecule has 0 spiro atoms. The van der Waals surface area contributed by atoms with E-state index in [1.165, 1.54) is 16.0 Å². The van der Waals surface area contributed by atoms with Crippen LogP contribution in [0.3, 0.4) is 0 Å². The first-order valence-electron chi connectivity index (χ1n) is 8.54. The fourth-order valence-corrected chi connectivity index (χ4v) is 3.58. The second kappa shape index (κ2) is 7.52. The van der Waals surface area contributed by atoms with Crippen LogP contribution in [-0.2, 0) is 19.8 Å². The van der Waals surface area contributed by atoms with E-state index >= 15 is 0 Å². The number of rotatable bonds is 3. The molecule has 0 saturated carbocycles. The number of carbonyl (C=O) groups excluding carboxylic acids is 1. The van der Waals surface area contributed by atoms with Crippen molar-refractivity contribution in [2.24, 2.45) is 7.05 Å². The number of aryl methyl sites for hydroxylation is 2. The molecule has 27 heavy (non-hydrogen) atoms. The predicted molar refractivity (Wildman–Crippen MR) is 95.6 cm³/mol. The van der Waals surface area contributed by atoms with Crippen LogP contribution in [0.2, 0.25) is 5.02 Å². The molecule has 1 saturated heterocycles. The minimum absolute atomic E-state index is 0.348. The second-order valence-corrected chi connectivity index (χ2v) is 7.01. The minimum Gasteiger partial charge on any atom is -0.335 e. The highest BCUT2D eigenvalue weighted by Crippen LogP contribution is 2.36. The van der Waals surface area contributed by atoms with Gasteiger partial charge in [0.1, 0.15) is 5.02 Å². The summed E-state index contributed by atoms with van der Waals surface area (Å²) in [6, 6.07) is 8.10. The van der Waals surface area contributed by atoms with E-state index in [0.29, 0.717) is 30.9 Å². The van der Waals surface area contributed by atoms with Crippen molar-refractivity contribution >= 4 is 17.5 Å². The van der Waals surface area contributed by atoms with E-state index in [1.807, 2.05) is 12.1 Å². The van der Waals surface area contributed by atoms with E-state index < -0.39 is 22.8 Å². The van der Waals surface area contributed by atoms with Crippen LogP contribution in [0.4, 0.5) is 13.2 Å². The van der Waals surface area contributed by atoms with Crippen molar-refractivity contribution in [2.75, 3.05) is 26.2 Å². The molecule has 1 aromatic heterocycles. The third kappa shape index (κ3) is 4.11. The molecule has 5 nitrogen and oxygen atoms in total. The van der Waals surface area contributed by atoms with Gasteiger partial charge in [0.2, 0.25) is 0 Å². The van der Waals surface area contributed by atoms with Crippen LogP contribution in [0, 0.1) is 6.92 Å². The Morgan fingerprint density at radius 2 is 1.81 bits per heavy atom. The number of hydrogen-bond acceptors (Lipinski definition) is 3. The van der Waals surface area contributed by atoms with Gasteiger partial charge in [-0.25, -0.2) is 0 Å². The molecule has 0 aliphatic carbocycles. The molecule has 0 unspecified atom stereocenters. The number of alkyl halides is 3. The predicted octanol–water partition coefficient (Wildman–Crippen LogP) is 3.36. The zero-order chi connectivity index (χ0) is 19.8. The molecule has 9 heteroatoms. The van der Waals surface area contributed by atoms with Crippen LogP contribution in [0.25, 0.3) is 0 Å². The maximum absolute atomic E-state index is 13.0. The van der Waals surface area contributed by atoms with Crippen molar-refractivity contribution in [1.82, 2.24) is 19.6 Å². The standard InChI is InChI=1S/C18H20ClF3N4O/c1-12-5-3-4-6-13(12)11-25-7-9-26(10-8-25)17(27)15-14(19)16(18(20,21)22)24(2)23-15/h3-6H,7-11H2,1-2H3. The van der Waals surface area contributed by atoms with Crippen molar-refractivity contribution in [3.05, 3.63) is 51.8 Å². The summed E-state index contributed by atoms with van der Waals surface area (Å²) in [5, 5.41) is 3.07. The van der Waals surface area contributed by atoms with Crippen LogP contribution < -0.4 is 0 Å². The van der Waals surface area contributed by atoms with Gasteiger partial charge in [0, 0.05) is 39.8 Å². The van der Waals surface area contributed by atoms with Crippen LogP contribution in [-0.4, -0.2) is 51.7 Å². The number of carbonyl (C=O) groups is 1. The van der Waals surface area contributed by atoms with Crippen LogP contribution in [0.5, 0.6) is 0 Å². The molecule has 1 aliphatic heterocycles. The van der Waals surface area contributed by atoms with Gasteiger partial charge in [-0.3, -0.25) is 14.4 Å². The Kier molecular flexibility index (Phi) is 5.48. The summed E-state index contributed by atoms with van der Waals surface area (Å²) in [5.74, 6) is -0.568. The molecule has 0 N–H and O–H groups in total.